The molecule has 96 valence electrons. The molecule has 3 heteroatoms. The molecule has 1 aliphatic heterocycles. The first kappa shape index (κ1) is 13.1. The maximum absolute atomic E-state index is 6.20. The first-order valence-corrected chi connectivity index (χ1v) is 7.50. The number of hydrogen-bond donors (Lipinski definition) is 1. The maximum atomic E-state index is 6.20. The van der Waals surface area contributed by atoms with Gasteiger partial charge in [-0.25, -0.2) is 0 Å². The van der Waals surface area contributed by atoms with Crippen LogP contribution in [0.25, 0.3) is 0 Å². The lowest BCUT2D eigenvalue weighted by Crippen LogP contribution is -2.45. The Morgan fingerprint density at radius 3 is 2.71 bits per heavy atom. The Morgan fingerprint density at radius 1 is 1.41 bits per heavy atom. The highest BCUT2D eigenvalue weighted by Crippen LogP contribution is 2.33. The monoisotopic (exact) mass is 252 g/mol. The largest absolute Gasteiger partial charge is 0.326 e. The van der Waals surface area contributed by atoms with Crippen molar-refractivity contribution in [3.8, 4) is 0 Å². The zero-order valence-electron chi connectivity index (χ0n) is 11.1. The van der Waals surface area contributed by atoms with Gasteiger partial charge in [0.25, 0.3) is 0 Å². The highest BCUT2D eigenvalue weighted by Gasteiger charge is 2.30. The highest BCUT2D eigenvalue weighted by atomic mass is 32.1. The molecule has 1 aromatic rings. The molecule has 2 rings (SSSR count). The molecule has 0 saturated carbocycles. The van der Waals surface area contributed by atoms with Crippen LogP contribution < -0.4 is 5.73 Å². The summed E-state index contributed by atoms with van der Waals surface area (Å²) in [6.07, 6.45) is 1.30. The predicted molar refractivity (Wildman–Crippen MR) is 75.2 cm³/mol. The van der Waals surface area contributed by atoms with Crippen molar-refractivity contribution in [2.45, 2.75) is 39.3 Å². The van der Waals surface area contributed by atoms with Gasteiger partial charge < -0.3 is 5.73 Å². The fraction of sp³-hybridized carbons (Fsp3) is 0.714. The second-order valence-corrected chi connectivity index (χ2v) is 6.54. The molecule has 0 amide bonds. The van der Waals surface area contributed by atoms with E-state index in [0.29, 0.717) is 6.04 Å². The molecule has 2 N–H and O–H groups in total. The molecular weight excluding hydrogens is 228 g/mol. The first-order chi connectivity index (χ1) is 8.09. The molecule has 0 bridgehead atoms. The van der Waals surface area contributed by atoms with E-state index >= 15 is 0 Å². The number of rotatable bonds is 3. The zero-order chi connectivity index (χ0) is 12.4. The minimum Gasteiger partial charge on any atom is -0.326 e. The highest BCUT2D eigenvalue weighted by molar-refractivity contribution is 7.10. The summed E-state index contributed by atoms with van der Waals surface area (Å²) in [5, 5.41) is 2.15. The Bertz CT molecular complexity index is 334. The van der Waals surface area contributed by atoms with E-state index < -0.39 is 0 Å². The van der Waals surface area contributed by atoms with Crippen LogP contribution in [0.3, 0.4) is 0 Å². The Morgan fingerprint density at radius 2 is 2.18 bits per heavy atom. The second kappa shape index (κ2) is 5.51. The molecule has 4 atom stereocenters. The van der Waals surface area contributed by atoms with Crippen molar-refractivity contribution in [2.24, 2.45) is 17.6 Å². The third-order valence-electron chi connectivity index (χ3n) is 4.09. The van der Waals surface area contributed by atoms with Gasteiger partial charge in [0.1, 0.15) is 0 Å². The average Bonchev–Trinajstić information content (AvgIpc) is 2.76. The van der Waals surface area contributed by atoms with Crippen LogP contribution in [0.4, 0.5) is 0 Å². The van der Waals surface area contributed by atoms with Crippen molar-refractivity contribution >= 4 is 11.3 Å². The summed E-state index contributed by atoms with van der Waals surface area (Å²) in [7, 11) is 0. The van der Waals surface area contributed by atoms with Gasteiger partial charge in [0.2, 0.25) is 0 Å². The topological polar surface area (TPSA) is 29.3 Å². The predicted octanol–water partition coefficient (Wildman–Crippen LogP) is 3.11. The molecular formula is C14H24N2S. The SMILES string of the molecule is CC(N)C(c1cccs1)N1CCC(C)C(C)C1. The van der Waals surface area contributed by atoms with Gasteiger partial charge in [-0.05, 0) is 43.2 Å². The Hall–Kier alpha value is -0.380. The molecule has 1 aromatic heterocycles. The molecule has 2 nitrogen and oxygen atoms in total. The van der Waals surface area contributed by atoms with Crippen molar-refractivity contribution in [2.75, 3.05) is 13.1 Å². The zero-order valence-corrected chi connectivity index (χ0v) is 11.9. The van der Waals surface area contributed by atoms with Gasteiger partial charge in [-0.1, -0.05) is 19.9 Å². The number of thiophene rings is 1. The minimum atomic E-state index is 0.203. The Labute approximate surface area is 109 Å². The van der Waals surface area contributed by atoms with Crippen LogP contribution in [0, 0.1) is 11.8 Å². The quantitative estimate of drug-likeness (QED) is 0.895. The Kier molecular flexibility index (Phi) is 4.23. The van der Waals surface area contributed by atoms with Crippen molar-refractivity contribution in [3.05, 3.63) is 22.4 Å². The molecule has 1 fully saturated rings. The van der Waals surface area contributed by atoms with Crippen molar-refractivity contribution in [1.29, 1.82) is 0 Å². The summed E-state index contributed by atoms with van der Waals surface area (Å²) in [6, 6.07) is 4.96. The molecule has 0 aromatic carbocycles. The van der Waals surface area contributed by atoms with Gasteiger partial charge in [-0.15, -0.1) is 11.3 Å². The van der Waals surface area contributed by atoms with Crippen LogP contribution in [0.5, 0.6) is 0 Å². The third-order valence-corrected chi connectivity index (χ3v) is 5.03. The van der Waals surface area contributed by atoms with E-state index in [9.17, 15) is 0 Å². The molecule has 0 spiro atoms. The number of nitrogens with two attached hydrogens (primary N) is 1. The third kappa shape index (κ3) is 2.90. The van der Waals surface area contributed by atoms with Crippen molar-refractivity contribution in [3.63, 3.8) is 0 Å². The lowest BCUT2D eigenvalue weighted by molar-refractivity contribution is 0.0867. The van der Waals surface area contributed by atoms with Crippen LogP contribution in [0.1, 0.15) is 38.1 Å². The van der Waals surface area contributed by atoms with E-state index in [1.165, 1.54) is 24.4 Å². The van der Waals surface area contributed by atoms with Crippen LogP contribution in [0.15, 0.2) is 17.5 Å². The fourth-order valence-electron chi connectivity index (χ4n) is 2.78. The van der Waals surface area contributed by atoms with Crippen LogP contribution >= 0.6 is 11.3 Å². The van der Waals surface area contributed by atoms with Crippen LogP contribution in [-0.4, -0.2) is 24.0 Å². The average molecular weight is 252 g/mol. The summed E-state index contributed by atoms with van der Waals surface area (Å²) in [5.74, 6) is 1.63. The second-order valence-electron chi connectivity index (χ2n) is 5.56. The van der Waals surface area contributed by atoms with Crippen LogP contribution in [0.2, 0.25) is 0 Å². The minimum absolute atomic E-state index is 0.203. The summed E-state index contributed by atoms with van der Waals surface area (Å²) in [6.45, 7) is 9.24. The van der Waals surface area contributed by atoms with Crippen molar-refractivity contribution in [1.82, 2.24) is 4.90 Å². The van der Waals surface area contributed by atoms with Gasteiger partial charge in [-0.3, -0.25) is 4.90 Å². The van der Waals surface area contributed by atoms with E-state index in [2.05, 4.69) is 43.2 Å². The standard InChI is InChI=1S/C14H24N2S/c1-10-6-7-16(9-11(10)2)14(12(3)15)13-5-4-8-17-13/h4-5,8,10-12,14H,6-7,9,15H2,1-3H3. The van der Waals surface area contributed by atoms with E-state index in [-0.39, 0.29) is 6.04 Å². The molecule has 4 unspecified atom stereocenters. The van der Waals surface area contributed by atoms with E-state index in [1.54, 1.807) is 0 Å². The van der Waals surface area contributed by atoms with Gasteiger partial charge in [-0.2, -0.15) is 0 Å². The van der Waals surface area contributed by atoms with Crippen LogP contribution in [-0.2, 0) is 0 Å². The molecule has 1 aliphatic rings. The number of piperidine rings is 1. The van der Waals surface area contributed by atoms with Gasteiger partial charge in [0.05, 0.1) is 6.04 Å². The number of hydrogen-bond acceptors (Lipinski definition) is 3. The first-order valence-electron chi connectivity index (χ1n) is 6.62. The van der Waals surface area contributed by atoms with Crippen molar-refractivity contribution < 1.29 is 0 Å². The smallest absolute Gasteiger partial charge is 0.0590 e. The maximum Gasteiger partial charge on any atom is 0.0590 e. The molecule has 0 aliphatic carbocycles. The van der Waals surface area contributed by atoms with E-state index in [0.717, 1.165) is 11.8 Å². The fourth-order valence-corrected chi connectivity index (χ4v) is 3.75. The number of nitrogens with zero attached hydrogens (tertiary/aromatic N) is 1. The molecule has 17 heavy (non-hydrogen) atoms. The lowest BCUT2D eigenvalue weighted by atomic mass is 9.87. The summed E-state index contributed by atoms with van der Waals surface area (Å²) in [4.78, 5) is 4.00. The molecule has 0 radical (unpaired) electrons. The van der Waals surface area contributed by atoms with Gasteiger partial charge in [0.15, 0.2) is 0 Å². The molecule has 1 saturated heterocycles. The summed E-state index contributed by atoms with van der Waals surface area (Å²) in [5.41, 5.74) is 6.20. The van der Waals surface area contributed by atoms with Gasteiger partial charge in [0, 0.05) is 17.5 Å². The number of likely N-dealkylation sites (tertiary alicyclic amines) is 1. The normalized spacial score (nSPS) is 30.1. The Balaban J connectivity index is 2.12. The summed E-state index contributed by atoms with van der Waals surface area (Å²) >= 11 is 1.83. The van der Waals surface area contributed by atoms with Gasteiger partial charge >= 0.3 is 0 Å². The molecule has 2 heterocycles. The van der Waals surface area contributed by atoms with E-state index in [1.807, 2.05) is 11.3 Å². The summed E-state index contributed by atoms with van der Waals surface area (Å²) < 4.78 is 0. The van der Waals surface area contributed by atoms with E-state index in [4.69, 9.17) is 5.73 Å². The lowest BCUT2D eigenvalue weighted by Gasteiger charge is -2.41.